The molecule has 18 heavy (non-hydrogen) atoms. The Hall–Kier alpha value is -2.25. The van der Waals surface area contributed by atoms with E-state index in [1.165, 1.54) is 0 Å². The van der Waals surface area contributed by atoms with Crippen LogP contribution in [0.25, 0.3) is 0 Å². The number of carbonyl (C=O) groups excluding carboxylic acids is 1. The summed E-state index contributed by atoms with van der Waals surface area (Å²) in [5.41, 5.74) is 0.802. The first-order valence-electron chi connectivity index (χ1n) is 5.62. The number of hydrogen-bond acceptors (Lipinski definition) is 6. The first-order valence-corrected chi connectivity index (χ1v) is 5.62. The second-order valence-corrected chi connectivity index (χ2v) is 3.86. The third kappa shape index (κ3) is 2.36. The van der Waals surface area contributed by atoms with Crippen LogP contribution in [0.4, 0.5) is 0 Å². The Morgan fingerprint density at radius 2 is 2.28 bits per heavy atom. The molecule has 0 aliphatic heterocycles. The predicted molar refractivity (Wildman–Crippen MR) is 60.7 cm³/mol. The van der Waals surface area contributed by atoms with Crippen LogP contribution in [0.3, 0.4) is 0 Å². The van der Waals surface area contributed by atoms with E-state index in [1.54, 1.807) is 13.8 Å². The maximum absolute atomic E-state index is 11.9. The minimum atomic E-state index is -0.374. The molecule has 0 fully saturated rings. The van der Waals surface area contributed by atoms with Crippen LogP contribution in [0.2, 0.25) is 0 Å². The van der Waals surface area contributed by atoms with E-state index < -0.39 is 0 Å². The van der Waals surface area contributed by atoms with Crippen molar-refractivity contribution in [3.8, 4) is 0 Å². The van der Waals surface area contributed by atoms with Gasteiger partial charge in [-0.05, 0) is 13.8 Å². The molecule has 2 heterocycles. The summed E-state index contributed by atoms with van der Waals surface area (Å²) in [6.45, 7) is 5.39. The molecule has 0 aliphatic rings. The molecule has 0 aromatic carbocycles. The maximum atomic E-state index is 11.9. The number of carbonyl (C=O) groups is 1. The predicted octanol–water partition coefficient (Wildman–Crippen LogP) is 0.550. The zero-order valence-electron chi connectivity index (χ0n) is 10.4. The van der Waals surface area contributed by atoms with Gasteiger partial charge in [0.15, 0.2) is 11.5 Å². The molecule has 2 rings (SSSR count). The van der Waals surface area contributed by atoms with Crippen molar-refractivity contribution in [1.82, 2.24) is 30.9 Å². The molecule has 8 heteroatoms. The summed E-state index contributed by atoms with van der Waals surface area (Å²) >= 11 is 0. The smallest absolute Gasteiger partial charge is 0.274 e. The van der Waals surface area contributed by atoms with Crippen LogP contribution in [0.5, 0.6) is 0 Å². The molecule has 1 atom stereocenters. The highest BCUT2D eigenvalue weighted by Gasteiger charge is 2.20. The Morgan fingerprint density at radius 1 is 1.50 bits per heavy atom. The number of amides is 1. The van der Waals surface area contributed by atoms with E-state index in [4.69, 9.17) is 4.52 Å². The van der Waals surface area contributed by atoms with E-state index in [9.17, 15) is 4.79 Å². The molecule has 0 saturated heterocycles. The van der Waals surface area contributed by atoms with Crippen molar-refractivity contribution in [1.29, 1.82) is 0 Å². The Labute approximate surface area is 103 Å². The third-order valence-electron chi connectivity index (χ3n) is 2.46. The minimum Gasteiger partial charge on any atom is -0.339 e. The first-order chi connectivity index (χ1) is 8.61. The molecule has 0 radical (unpaired) electrons. The Balaban J connectivity index is 2.05. The largest absolute Gasteiger partial charge is 0.339 e. The monoisotopic (exact) mass is 250 g/mol. The van der Waals surface area contributed by atoms with Crippen molar-refractivity contribution in [2.45, 2.75) is 33.2 Å². The van der Waals surface area contributed by atoms with Gasteiger partial charge in [-0.25, -0.2) is 0 Å². The summed E-state index contributed by atoms with van der Waals surface area (Å²) < 4.78 is 5.05. The number of H-pyrrole nitrogens is 1. The highest BCUT2D eigenvalue weighted by molar-refractivity contribution is 5.93. The number of aromatic nitrogens is 5. The van der Waals surface area contributed by atoms with Gasteiger partial charge in [-0.3, -0.25) is 4.79 Å². The summed E-state index contributed by atoms with van der Waals surface area (Å²) in [5.74, 6) is 0.662. The highest BCUT2D eigenvalue weighted by Crippen LogP contribution is 2.11. The van der Waals surface area contributed by atoms with Crippen LogP contribution < -0.4 is 5.32 Å². The zero-order valence-corrected chi connectivity index (χ0v) is 10.4. The van der Waals surface area contributed by atoms with E-state index in [0.29, 0.717) is 23.8 Å². The normalized spacial score (nSPS) is 12.4. The summed E-state index contributed by atoms with van der Waals surface area (Å²) in [6, 6.07) is -0.374. The topological polar surface area (TPSA) is 110 Å². The van der Waals surface area contributed by atoms with Gasteiger partial charge in [0.2, 0.25) is 5.89 Å². The molecule has 0 spiro atoms. The fraction of sp³-hybridized carbons (Fsp3) is 0.500. The van der Waals surface area contributed by atoms with Crippen LogP contribution in [0, 0.1) is 6.92 Å². The number of aromatic amines is 1. The van der Waals surface area contributed by atoms with Crippen molar-refractivity contribution in [3.63, 3.8) is 0 Å². The van der Waals surface area contributed by atoms with Crippen LogP contribution >= 0.6 is 0 Å². The van der Waals surface area contributed by atoms with Gasteiger partial charge in [-0.2, -0.15) is 20.4 Å². The summed E-state index contributed by atoms with van der Waals surface area (Å²) in [4.78, 5) is 16.0. The van der Waals surface area contributed by atoms with Crippen molar-refractivity contribution in [2.75, 3.05) is 0 Å². The van der Waals surface area contributed by atoms with E-state index in [-0.39, 0.29) is 17.6 Å². The van der Waals surface area contributed by atoms with Crippen molar-refractivity contribution in [3.05, 3.63) is 23.1 Å². The highest BCUT2D eigenvalue weighted by atomic mass is 16.5. The molecule has 96 valence electrons. The van der Waals surface area contributed by atoms with Crippen LogP contribution in [-0.4, -0.2) is 31.5 Å². The SMILES string of the molecule is CCc1noc([C@@H](C)NC(=O)c2n[nH]nc2C)n1. The van der Waals surface area contributed by atoms with E-state index in [2.05, 4.69) is 30.9 Å². The van der Waals surface area contributed by atoms with Crippen molar-refractivity contribution < 1.29 is 9.32 Å². The fourth-order valence-corrected chi connectivity index (χ4v) is 1.41. The average molecular weight is 250 g/mol. The average Bonchev–Trinajstić information content (AvgIpc) is 2.96. The molecule has 0 aliphatic carbocycles. The van der Waals surface area contributed by atoms with Gasteiger partial charge in [0.1, 0.15) is 6.04 Å². The van der Waals surface area contributed by atoms with E-state index in [1.807, 2.05) is 6.92 Å². The quantitative estimate of drug-likeness (QED) is 0.820. The molecule has 1 amide bonds. The molecule has 8 nitrogen and oxygen atoms in total. The lowest BCUT2D eigenvalue weighted by molar-refractivity contribution is 0.0926. The van der Waals surface area contributed by atoms with Gasteiger partial charge in [0.25, 0.3) is 5.91 Å². The van der Waals surface area contributed by atoms with Crippen LogP contribution in [0.1, 0.15) is 47.8 Å². The van der Waals surface area contributed by atoms with Gasteiger partial charge in [0, 0.05) is 6.42 Å². The second-order valence-electron chi connectivity index (χ2n) is 3.86. The molecule has 2 aromatic rings. The molecule has 0 saturated carbocycles. The molecule has 2 aromatic heterocycles. The van der Waals surface area contributed by atoms with E-state index in [0.717, 1.165) is 0 Å². The lowest BCUT2D eigenvalue weighted by Gasteiger charge is -2.07. The van der Waals surface area contributed by atoms with Crippen molar-refractivity contribution in [2.24, 2.45) is 0 Å². The summed E-state index contributed by atoms with van der Waals surface area (Å²) in [7, 11) is 0. The lowest BCUT2D eigenvalue weighted by atomic mass is 10.3. The zero-order chi connectivity index (χ0) is 13.1. The standard InChI is InChI=1S/C10H14N6O2/c1-4-7-12-10(18-15-7)6(3)11-9(17)8-5(2)13-16-14-8/h6H,4H2,1-3H3,(H,11,17)(H,13,14,16)/t6-/m1/s1. The van der Waals surface area contributed by atoms with E-state index >= 15 is 0 Å². The number of nitrogens with one attached hydrogen (secondary N) is 2. The Kier molecular flexibility index (Phi) is 3.35. The minimum absolute atomic E-state index is 0.261. The number of aryl methyl sites for hydroxylation is 2. The van der Waals surface area contributed by atoms with Gasteiger partial charge < -0.3 is 9.84 Å². The Bertz CT molecular complexity index is 546. The summed E-state index contributed by atoms with van der Waals surface area (Å²) in [5, 5.41) is 16.4. The molecular formula is C10H14N6O2. The van der Waals surface area contributed by atoms with Gasteiger partial charge in [-0.1, -0.05) is 12.1 Å². The fourth-order valence-electron chi connectivity index (χ4n) is 1.41. The molecule has 2 N–H and O–H groups in total. The number of nitrogens with zero attached hydrogens (tertiary/aromatic N) is 4. The van der Waals surface area contributed by atoms with Crippen molar-refractivity contribution >= 4 is 5.91 Å². The van der Waals surface area contributed by atoms with Crippen LogP contribution in [0.15, 0.2) is 4.52 Å². The first kappa shape index (κ1) is 12.2. The van der Waals surface area contributed by atoms with Crippen LogP contribution in [-0.2, 0) is 6.42 Å². The maximum Gasteiger partial charge on any atom is 0.274 e. The lowest BCUT2D eigenvalue weighted by Crippen LogP contribution is -2.27. The second kappa shape index (κ2) is 4.94. The Morgan fingerprint density at radius 3 is 2.83 bits per heavy atom. The van der Waals surface area contributed by atoms with Gasteiger partial charge in [-0.15, -0.1) is 0 Å². The van der Waals surface area contributed by atoms with Gasteiger partial charge >= 0.3 is 0 Å². The molecule has 0 unspecified atom stereocenters. The number of rotatable bonds is 4. The number of hydrogen-bond donors (Lipinski definition) is 2. The summed E-state index contributed by atoms with van der Waals surface area (Å²) in [6.07, 6.45) is 0.687. The molecule has 0 bridgehead atoms. The van der Waals surface area contributed by atoms with Gasteiger partial charge in [0.05, 0.1) is 5.69 Å². The third-order valence-corrected chi connectivity index (χ3v) is 2.46. The molecular weight excluding hydrogens is 236 g/mol.